The van der Waals surface area contributed by atoms with E-state index in [0.29, 0.717) is 10.7 Å². The Morgan fingerprint density at radius 1 is 1.14 bits per heavy atom. The highest BCUT2D eigenvalue weighted by molar-refractivity contribution is 6.30. The average Bonchev–Trinajstić information content (AvgIpc) is 3.01. The lowest BCUT2D eigenvalue weighted by Gasteiger charge is -2.11. The zero-order chi connectivity index (χ0) is 20.1. The first-order chi connectivity index (χ1) is 13.5. The number of benzene rings is 2. The van der Waals surface area contributed by atoms with Gasteiger partial charge < -0.3 is 15.8 Å². The molecule has 8 heteroatoms. The minimum atomic E-state index is -0.649. The van der Waals surface area contributed by atoms with Gasteiger partial charge in [0.25, 0.3) is 5.91 Å². The zero-order valence-corrected chi connectivity index (χ0v) is 15.9. The van der Waals surface area contributed by atoms with Crippen LogP contribution >= 0.6 is 11.6 Å². The number of halogens is 1. The van der Waals surface area contributed by atoms with Crippen LogP contribution in [0.3, 0.4) is 0 Å². The molecule has 1 aromatic heterocycles. The van der Waals surface area contributed by atoms with Crippen molar-refractivity contribution in [3.63, 3.8) is 0 Å². The van der Waals surface area contributed by atoms with E-state index < -0.39 is 5.97 Å². The Kier molecular flexibility index (Phi) is 5.96. The second-order valence-corrected chi connectivity index (χ2v) is 6.37. The summed E-state index contributed by atoms with van der Waals surface area (Å²) in [7, 11) is 0. The summed E-state index contributed by atoms with van der Waals surface area (Å²) in [5, 5.41) is 7.71. The van der Waals surface area contributed by atoms with E-state index in [9.17, 15) is 9.59 Å². The molecule has 28 heavy (non-hydrogen) atoms. The van der Waals surface area contributed by atoms with E-state index in [1.807, 2.05) is 18.2 Å². The Labute approximate surface area is 167 Å². The normalized spacial score (nSPS) is 10.5. The zero-order valence-electron chi connectivity index (χ0n) is 15.2. The Balaban J connectivity index is 1.99. The van der Waals surface area contributed by atoms with Gasteiger partial charge in [0.05, 0.1) is 13.0 Å². The molecule has 7 nitrogen and oxygen atoms in total. The van der Waals surface area contributed by atoms with Crippen molar-refractivity contribution >= 4 is 40.8 Å². The summed E-state index contributed by atoms with van der Waals surface area (Å²) in [6.45, 7) is 1.86. The van der Waals surface area contributed by atoms with Crippen molar-refractivity contribution in [2.24, 2.45) is 0 Å². The summed E-state index contributed by atoms with van der Waals surface area (Å²) in [6.07, 6.45) is 0.0595. The number of nitrogens with two attached hydrogens (primary N) is 1. The largest absolute Gasteiger partial charge is 0.462 e. The molecular weight excluding hydrogens is 380 g/mol. The summed E-state index contributed by atoms with van der Waals surface area (Å²) < 4.78 is 6.17. The van der Waals surface area contributed by atoms with Crippen LogP contribution in [0.1, 0.15) is 27.6 Å². The predicted octanol–water partition coefficient (Wildman–Crippen LogP) is 3.92. The van der Waals surface area contributed by atoms with E-state index in [2.05, 4.69) is 10.4 Å². The van der Waals surface area contributed by atoms with Gasteiger partial charge in [0.1, 0.15) is 5.56 Å². The highest BCUT2D eigenvalue weighted by Gasteiger charge is 2.26. The summed E-state index contributed by atoms with van der Waals surface area (Å²) in [5.41, 5.74) is 7.39. The Hall–Kier alpha value is -3.32. The molecule has 0 aliphatic carbocycles. The van der Waals surface area contributed by atoms with Crippen molar-refractivity contribution in [2.75, 3.05) is 17.7 Å². The van der Waals surface area contributed by atoms with E-state index in [-0.39, 0.29) is 36.1 Å². The molecule has 144 valence electrons. The maximum Gasteiger partial charge on any atom is 0.345 e. The Morgan fingerprint density at radius 3 is 2.46 bits per heavy atom. The highest BCUT2D eigenvalue weighted by atomic mass is 35.5. The molecule has 0 spiro atoms. The summed E-state index contributed by atoms with van der Waals surface area (Å²) in [5.74, 6) is -0.922. The van der Waals surface area contributed by atoms with Crippen LogP contribution in [0.4, 0.5) is 17.3 Å². The number of aromatic nitrogens is 2. The van der Waals surface area contributed by atoms with Crippen LogP contribution in [0.5, 0.6) is 0 Å². The van der Waals surface area contributed by atoms with Gasteiger partial charge in [-0.2, -0.15) is 4.68 Å². The first-order valence-electron chi connectivity index (χ1n) is 8.65. The number of hydrogen-bond acceptors (Lipinski definition) is 6. The molecule has 0 atom stereocenters. The van der Waals surface area contributed by atoms with Crippen molar-refractivity contribution < 1.29 is 14.3 Å². The smallest absolute Gasteiger partial charge is 0.345 e. The first kappa shape index (κ1) is 19.4. The summed E-state index contributed by atoms with van der Waals surface area (Å²) >= 11 is 5.89. The van der Waals surface area contributed by atoms with Gasteiger partial charge in [-0.3, -0.25) is 4.79 Å². The number of nitrogens with zero attached hydrogens (tertiary/aromatic N) is 2. The lowest BCUT2D eigenvalue weighted by atomic mass is 10.1. The molecule has 0 bridgehead atoms. The van der Waals surface area contributed by atoms with Gasteiger partial charge in [0.15, 0.2) is 11.6 Å². The van der Waals surface area contributed by atoms with E-state index in [1.165, 1.54) is 0 Å². The molecule has 0 aliphatic rings. The maximum absolute atomic E-state index is 12.9. The lowest BCUT2D eigenvalue weighted by Crippen LogP contribution is -2.18. The predicted molar refractivity (Wildman–Crippen MR) is 108 cm³/mol. The fourth-order valence-corrected chi connectivity index (χ4v) is 2.77. The quantitative estimate of drug-likeness (QED) is 0.610. The van der Waals surface area contributed by atoms with E-state index in [4.69, 9.17) is 22.1 Å². The number of ether oxygens (including phenoxy) is 1. The third-order valence-corrected chi connectivity index (χ3v) is 4.19. The van der Waals surface area contributed by atoms with E-state index in [1.54, 1.807) is 43.3 Å². The fourth-order valence-electron chi connectivity index (χ4n) is 2.65. The number of nitrogens with one attached hydrogen (secondary N) is 1. The van der Waals surface area contributed by atoms with Crippen LogP contribution in [0, 0.1) is 0 Å². The SMILES string of the molecule is CCOC(=O)c1c(N)nn(C(=O)Cc2ccc(Cl)cc2)c1Nc1ccccc1. The van der Waals surface area contributed by atoms with Gasteiger partial charge >= 0.3 is 5.97 Å². The monoisotopic (exact) mass is 398 g/mol. The van der Waals surface area contributed by atoms with Crippen molar-refractivity contribution in [1.29, 1.82) is 0 Å². The standard InChI is InChI=1S/C20H19ClN4O3/c1-2-28-20(27)17-18(22)24-25(19(17)23-15-6-4-3-5-7-15)16(26)12-13-8-10-14(21)11-9-13/h3-11,23H,2,12H2,1H3,(H2,22,24). The van der Waals surface area contributed by atoms with Crippen LogP contribution in [0.25, 0.3) is 0 Å². The summed E-state index contributed by atoms with van der Waals surface area (Å²) in [4.78, 5) is 25.3. The summed E-state index contributed by atoms with van der Waals surface area (Å²) in [6, 6.07) is 16.0. The molecule has 0 saturated heterocycles. The average molecular weight is 399 g/mol. The number of carbonyl (C=O) groups is 2. The van der Waals surface area contributed by atoms with Crippen molar-refractivity contribution in [3.8, 4) is 0 Å². The van der Waals surface area contributed by atoms with Gasteiger partial charge in [0.2, 0.25) is 0 Å². The number of esters is 1. The van der Waals surface area contributed by atoms with Gasteiger partial charge in [-0.1, -0.05) is 41.9 Å². The molecule has 0 aliphatic heterocycles. The van der Waals surface area contributed by atoms with E-state index >= 15 is 0 Å². The lowest BCUT2D eigenvalue weighted by molar-refractivity contribution is 0.0529. The molecule has 0 unspecified atom stereocenters. The number of rotatable bonds is 6. The Morgan fingerprint density at radius 2 is 1.82 bits per heavy atom. The number of hydrogen-bond donors (Lipinski definition) is 2. The van der Waals surface area contributed by atoms with Gasteiger partial charge in [0, 0.05) is 10.7 Å². The molecule has 2 aromatic carbocycles. The topological polar surface area (TPSA) is 99.2 Å². The second-order valence-electron chi connectivity index (χ2n) is 5.93. The van der Waals surface area contributed by atoms with Crippen LogP contribution in [0.15, 0.2) is 54.6 Å². The van der Waals surface area contributed by atoms with Crippen molar-refractivity contribution in [3.05, 3.63) is 70.7 Å². The molecule has 0 radical (unpaired) electrons. The van der Waals surface area contributed by atoms with Crippen LogP contribution < -0.4 is 11.1 Å². The minimum Gasteiger partial charge on any atom is -0.462 e. The molecule has 0 saturated carbocycles. The van der Waals surface area contributed by atoms with Gasteiger partial charge in [-0.05, 0) is 36.8 Å². The second kappa shape index (κ2) is 8.58. The molecule has 3 N–H and O–H groups in total. The molecule has 0 amide bonds. The van der Waals surface area contributed by atoms with Crippen molar-refractivity contribution in [1.82, 2.24) is 9.78 Å². The number of anilines is 3. The fraction of sp³-hybridized carbons (Fsp3) is 0.150. The number of nitrogen functional groups attached to an aromatic ring is 1. The molecule has 1 heterocycles. The highest BCUT2D eigenvalue weighted by Crippen LogP contribution is 2.27. The molecule has 3 aromatic rings. The number of carbonyl (C=O) groups excluding carboxylic acids is 2. The van der Waals surface area contributed by atoms with E-state index in [0.717, 1.165) is 10.2 Å². The maximum atomic E-state index is 12.9. The third kappa shape index (κ3) is 4.32. The van der Waals surface area contributed by atoms with Gasteiger partial charge in [-0.15, -0.1) is 5.10 Å². The minimum absolute atomic E-state index is 0.0233. The van der Waals surface area contributed by atoms with Gasteiger partial charge in [-0.25, -0.2) is 4.79 Å². The van der Waals surface area contributed by atoms with Crippen LogP contribution in [-0.2, 0) is 11.2 Å². The third-order valence-electron chi connectivity index (χ3n) is 3.93. The van der Waals surface area contributed by atoms with Crippen LogP contribution in [0.2, 0.25) is 5.02 Å². The molecule has 0 fully saturated rings. The van der Waals surface area contributed by atoms with Crippen LogP contribution in [-0.4, -0.2) is 28.3 Å². The number of para-hydroxylation sites is 1. The molecular formula is C20H19ClN4O3. The Bertz CT molecular complexity index is 985. The first-order valence-corrected chi connectivity index (χ1v) is 9.02. The van der Waals surface area contributed by atoms with Crippen molar-refractivity contribution in [2.45, 2.75) is 13.3 Å². The molecule has 3 rings (SSSR count).